The fraction of sp³-hybridized carbons (Fsp3) is 0.818. The monoisotopic (exact) mass is 230 g/mol. The number of hydrogen-bond acceptors (Lipinski definition) is 3. The maximum Gasteiger partial charge on any atom is 0.303 e. The molecule has 0 aliphatic rings. The smallest absolute Gasteiger partial charge is 0.303 e. The summed E-state index contributed by atoms with van der Waals surface area (Å²) in [5.41, 5.74) is 0. The Labute approximate surface area is 97.0 Å². The Bertz CT molecular complexity index is 239. The first-order valence-electron chi connectivity index (χ1n) is 5.50. The van der Waals surface area contributed by atoms with Crippen molar-refractivity contribution >= 4 is 11.9 Å². The Kier molecular flexibility index (Phi) is 6.72. The summed E-state index contributed by atoms with van der Waals surface area (Å²) in [6, 6.07) is 0.248. The average molecular weight is 230 g/mol. The van der Waals surface area contributed by atoms with Crippen molar-refractivity contribution < 1.29 is 14.7 Å². The second-order valence-electron chi connectivity index (χ2n) is 4.35. The van der Waals surface area contributed by atoms with Gasteiger partial charge in [-0.1, -0.05) is 0 Å². The molecule has 1 N–H and O–H groups in total. The average Bonchev–Trinajstić information content (AvgIpc) is 2.14. The van der Waals surface area contributed by atoms with E-state index in [-0.39, 0.29) is 18.4 Å². The molecule has 0 spiro atoms. The van der Waals surface area contributed by atoms with Gasteiger partial charge in [-0.05, 0) is 26.8 Å². The number of carbonyl (C=O) groups is 2. The third-order valence-corrected chi connectivity index (χ3v) is 2.40. The first-order chi connectivity index (χ1) is 7.34. The van der Waals surface area contributed by atoms with Gasteiger partial charge in [0.1, 0.15) is 0 Å². The highest BCUT2D eigenvalue weighted by molar-refractivity contribution is 5.77. The van der Waals surface area contributed by atoms with E-state index in [0.717, 1.165) is 0 Å². The third kappa shape index (κ3) is 6.40. The molecule has 0 aromatic rings. The van der Waals surface area contributed by atoms with Crippen molar-refractivity contribution in [2.45, 2.75) is 32.7 Å². The summed E-state index contributed by atoms with van der Waals surface area (Å²) >= 11 is 0. The lowest BCUT2D eigenvalue weighted by atomic mass is 10.2. The molecule has 0 bridgehead atoms. The van der Waals surface area contributed by atoms with Crippen molar-refractivity contribution in [2.75, 3.05) is 27.2 Å². The first kappa shape index (κ1) is 14.9. The van der Waals surface area contributed by atoms with E-state index in [0.29, 0.717) is 19.5 Å². The van der Waals surface area contributed by atoms with Crippen molar-refractivity contribution in [3.8, 4) is 0 Å². The van der Waals surface area contributed by atoms with Crippen LogP contribution in [0.1, 0.15) is 26.7 Å². The highest BCUT2D eigenvalue weighted by Gasteiger charge is 2.15. The van der Waals surface area contributed by atoms with Crippen LogP contribution in [0.3, 0.4) is 0 Å². The van der Waals surface area contributed by atoms with Crippen LogP contribution in [-0.2, 0) is 9.59 Å². The summed E-state index contributed by atoms with van der Waals surface area (Å²) in [6.45, 7) is 5.00. The predicted octanol–water partition coefficient (Wildman–Crippen LogP) is 0.650. The van der Waals surface area contributed by atoms with Gasteiger partial charge in [-0.2, -0.15) is 0 Å². The minimum absolute atomic E-state index is 0.0454. The van der Waals surface area contributed by atoms with Crippen molar-refractivity contribution in [1.82, 2.24) is 9.80 Å². The lowest BCUT2D eigenvalue weighted by Gasteiger charge is -2.26. The van der Waals surface area contributed by atoms with Gasteiger partial charge < -0.3 is 10.0 Å². The van der Waals surface area contributed by atoms with Crippen molar-refractivity contribution in [1.29, 1.82) is 0 Å². The molecule has 0 fully saturated rings. The molecule has 0 heterocycles. The summed E-state index contributed by atoms with van der Waals surface area (Å²) in [4.78, 5) is 25.4. The van der Waals surface area contributed by atoms with Gasteiger partial charge in [0.05, 0.1) is 6.54 Å². The Morgan fingerprint density at radius 1 is 1.25 bits per heavy atom. The molecule has 0 unspecified atom stereocenters. The molecule has 0 aliphatic heterocycles. The highest BCUT2D eigenvalue weighted by Crippen LogP contribution is 2.02. The molecular formula is C11H22N2O3. The fourth-order valence-corrected chi connectivity index (χ4v) is 1.27. The van der Waals surface area contributed by atoms with Crippen molar-refractivity contribution in [2.24, 2.45) is 0 Å². The zero-order valence-electron chi connectivity index (χ0n) is 10.6. The molecular weight excluding hydrogens is 208 g/mol. The molecule has 0 rings (SSSR count). The lowest BCUT2D eigenvalue weighted by molar-refractivity contribution is -0.137. The second-order valence-corrected chi connectivity index (χ2v) is 4.35. The van der Waals surface area contributed by atoms with Crippen LogP contribution in [0.25, 0.3) is 0 Å². The van der Waals surface area contributed by atoms with Crippen LogP contribution in [0.4, 0.5) is 0 Å². The van der Waals surface area contributed by atoms with E-state index < -0.39 is 5.97 Å². The maximum atomic E-state index is 11.5. The van der Waals surface area contributed by atoms with Gasteiger partial charge in [0.25, 0.3) is 0 Å². The third-order valence-electron chi connectivity index (χ3n) is 2.40. The number of carboxylic acids is 1. The molecule has 16 heavy (non-hydrogen) atoms. The molecule has 0 saturated carbocycles. The molecule has 1 amide bonds. The van der Waals surface area contributed by atoms with Gasteiger partial charge in [-0.15, -0.1) is 0 Å². The summed E-state index contributed by atoms with van der Waals surface area (Å²) < 4.78 is 0. The zero-order valence-corrected chi connectivity index (χ0v) is 10.6. The van der Waals surface area contributed by atoms with E-state index in [2.05, 4.69) is 0 Å². The molecule has 0 aromatic heterocycles. The standard InChI is InChI=1S/C11H22N2O3/c1-9(2)13(7-5-6-11(15)16)8-10(14)12(3)4/h9H,5-8H2,1-4H3,(H,15,16). The van der Waals surface area contributed by atoms with E-state index >= 15 is 0 Å². The van der Waals surface area contributed by atoms with Crippen LogP contribution in [0.2, 0.25) is 0 Å². The number of hydrogen-bond donors (Lipinski definition) is 1. The molecule has 0 saturated heterocycles. The van der Waals surface area contributed by atoms with Crippen molar-refractivity contribution in [3.05, 3.63) is 0 Å². The van der Waals surface area contributed by atoms with Crippen LogP contribution < -0.4 is 0 Å². The van der Waals surface area contributed by atoms with E-state index in [1.807, 2.05) is 18.7 Å². The minimum Gasteiger partial charge on any atom is -0.481 e. The zero-order chi connectivity index (χ0) is 12.7. The molecule has 94 valence electrons. The van der Waals surface area contributed by atoms with E-state index in [1.54, 1.807) is 19.0 Å². The second kappa shape index (κ2) is 7.22. The normalized spacial score (nSPS) is 10.9. The van der Waals surface area contributed by atoms with Gasteiger partial charge in [0.15, 0.2) is 0 Å². The Balaban J connectivity index is 4.08. The Morgan fingerprint density at radius 2 is 1.81 bits per heavy atom. The number of amides is 1. The van der Waals surface area contributed by atoms with Crippen LogP contribution in [0.5, 0.6) is 0 Å². The van der Waals surface area contributed by atoms with Crippen LogP contribution >= 0.6 is 0 Å². The van der Waals surface area contributed by atoms with E-state index in [1.165, 1.54) is 0 Å². The van der Waals surface area contributed by atoms with Gasteiger partial charge in [-0.3, -0.25) is 14.5 Å². The van der Waals surface area contributed by atoms with Crippen LogP contribution in [0, 0.1) is 0 Å². The summed E-state index contributed by atoms with van der Waals surface area (Å²) in [5.74, 6) is -0.744. The van der Waals surface area contributed by atoms with Crippen LogP contribution in [-0.4, -0.2) is 60.0 Å². The molecule has 0 aliphatic carbocycles. The Morgan fingerprint density at radius 3 is 2.19 bits per heavy atom. The lowest BCUT2D eigenvalue weighted by Crippen LogP contribution is -2.40. The quantitative estimate of drug-likeness (QED) is 0.697. The van der Waals surface area contributed by atoms with E-state index in [4.69, 9.17) is 5.11 Å². The largest absolute Gasteiger partial charge is 0.481 e. The molecule has 0 atom stereocenters. The first-order valence-corrected chi connectivity index (χ1v) is 5.50. The van der Waals surface area contributed by atoms with Gasteiger partial charge in [0, 0.05) is 26.6 Å². The number of aliphatic carboxylic acids is 1. The maximum absolute atomic E-state index is 11.5. The molecule has 5 heteroatoms. The number of nitrogens with zero attached hydrogens (tertiary/aromatic N) is 2. The number of rotatable bonds is 7. The van der Waals surface area contributed by atoms with Crippen molar-refractivity contribution in [3.63, 3.8) is 0 Å². The number of carboxylic acid groups (broad SMARTS) is 1. The number of carbonyl (C=O) groups excluding carboxylic acids is 1. The SMILES string of the molecule is CC(C)N(CCCC(=O)O)CC(=O)N(C)C. The summed E-state index contributed by atoms with van der Waals surface area (Å²) in [7, 11) is 3.44. The Hall–Kier alpha value is -1.10. The van der Waals surface area contributed by atoms with E-state index in [9.17, 15) is 9.59 Å². The summed E-state index contributed by atoms with van der Waals surface area (Å²) in [6.07, 6.45) is 0.730. The molecule has 0 radical (unpaired) electrons. The summed E-state index contributed by atoms with van der Waals surface area (Å²) in [5, 5.41) is 8.54. The fourth-order valence-electron chi connectivity index (χ4n) is 1.27. The predicted molar refractivity (Wildman–Crippen MR) is 62.3 cm³/mol. The van der Waals surface area contributed by atoms with Gasteiger partial charge >= 0.3 is 5.97 Å². The van der Waals surface area contributed by atoms with Gasteiger partial charge in [0.2, 0.25) is 5.91 Å². The number of likely N-dealkylation sites (N-methyl/N-ethyl adjacent to an activating group) is 1. The van der Waals surface area contributed by atoms with Crippen LogP contribution in [0.15, 0.2) is 0 Å². The molecule has 5 nitrogen and oxygen atoms in total. The topological polar surface area (TPSA) is 60.9 Å². The minimum atomic E-state index is -0.789. The molecule has 0 aromatic carbocycles. The highest BCUT2D eigenvalue weighted by atomic mass is 16.4. The van der Waals surface area contributed by atoms with Gasteiger partial charge in [-0.25, -0.2) is 0 Å².